The van der Waals surface area contributed by atoms with E-state index in [1.165, 1.54) is 6.92 Å². The van der Waals surface area contributed by atoms with Crippen LogP contribution in [0.1, 0.15) is 13.8 Å². The monoisotopic (exact) mass is 243 g/mol. The summed E-state index contributed by atoms with van der Waals surface area (Å²) in [7, 11) is 0. The van der Waals surface area contributed by atoms with Gasteiger partial charge in [0.1, 0.15) is 11.5 Å². The van der Waals surface area contributed by atoms with Crippen molar-refractivity contribution in [3.05, 3.63) is 60.9 Å². The van der Waals surface area contributed by atoms with Gasteiger partial charge in [0, 0.05) is 18.7 Å². The molecule has 3 heteroatoms. The minimum Gasteiger partial charge on any atom is -0.458 e. The van der Waals surface area contributed by atoms with E-state index in [4.69, 9.17) is 4.74 Å². The number of benzene rings is 1. The van der Waals surface area contributed by atoms with E-state index in [1.807, 2.05) is 13.0 Å². The van der Waals surface area contributed by atoms with Crippen molar-refractivity contribution in [1.29, 1.82) is 0 Å². The minimum absolute atomic E-state index is 0.117. The Morgan fingerprint density at radius 3 is 2.61 bits per heavy atom. The van der Waals surface area contributed by atoms with Gasteiger partial charge in [0.05, 0.1) is 0 Å². The van der Waals surface area contributed by atoms with E-state index < -0.39 is 0 Å². The molecule has 0 fully saturated rings. The Labute approximate surface area is 107 Å². The Hall–Kier alpha value is -2.29. The molecule has 3 nitrogen and oxygen atoms in total. The molecular weight excluding hydrogens is 226 g/mol. The van der Waals surface area contributed by atoms with Gasteiger partial charge in [0.15, 0.2) is 0 Å². The molecule has 0 unspecified atom stereocenters. The predicted octanol–water partition coefficient (Wildman–Crippen LogP) is 3.67. The molecule has 0 aliphatic heterocycles. The molecular formula is C15H17NO2. The summed E-state index contributed by atoms with van der Waals surface area (Å²) in [5.41, 5.74) is 1.61. The second-order valence-corrected chi connectivity index (χ2v) is 3.96. The van der Waals surface area contributed by atoms with Crippen LogP contribution < -0.4 is 10.1 Å². The van der Waals surface area contributed by atoms with E-state index in [0.29, 0.717) is 17.2 Å². The molecule has 0 atom stereocenters. The van der Waals surface area contributed by atoms with Crippen LogP contribution in [0, 0.1) is 0 Å². The van der Waals surface area contributed by atoms with Crippen LogP contribution in [0.3, 0.4) is 0 Å². The maximum absolute atomic E-state index is 10.9. The smallest absolute Gasteiger partial charge is 0.221 e. The highest BCUT2D eigenvalue weighted by molar-refractivity contribution is 5.88. The summed E-state index contributed by atoms with van der Waals surface area (Å²) in [6.07, 6.45) is 3.56. The SMILES string of the molecule is C=C(C)/C=C\C(=C)Oc1cccc(NC(C)=O)c1. The molecule has 1 N–H and O–H groups in total. The molecule has 0 aromatic heterocycles. The molecule has 94 valence electrons. The van der Waals surface area contributed by atoms with Crippen molar-refractivity contribution in [2.24, 2.45) is 0 Å². The van der Waals surface area contributed by atoms with Crippen LogP contribution >= 0.6 is 0 Å². The number of hydrogen-bond acceptors (Lipinski definition) is 2. The Balaban J connectivity index is 2.70. The number of carbonyl (C=O) groups excluding carboxylic acids is 1. The first-order valence-corrected chi connectivity index (χ1v) is 5.55. The third kappa shape index (κ3) is 5.16. The fourth-order valence-electron chi connectivity index (χ4n) is 1.26. The van der Waals surface area contributed by atoms with Gasteiger partial charge in [0.2, 0.25) is 5.91 Å². The zero-order chi connectivity index (χ0) is 13.5. The van der Waals surface area contributed by atoms with Gasteiger partial charge in [0.25, 0.3) is 0 Å². The third-order valence-corrected chi connectivity index (χ3v) is 1.96. The van der Waals surface area contributed by atoms with Crippen molar-refractivity contribution >= 4 is 11.6 Å². The normalized spacial score (nSPS) is 10.1. The molecule has 0 aliphatic carbocycles. The van der Waals surface area contributed by atoms with Crippen LogP contribution in [0.5, 0.6) is 5.75 Å². The number of nitrogens with one attached hydrogen (secondary N) is 1. The zero-order valence-electron chi connectivity index (χ0n) is 10.7. The molecule has 0 saturated carbocycles. The third-order valence-electron chi connectivity index (χ3n) is 1.96. The first-order valence-electron chi connectivity index (χ1n) is 5.55. The summed E-state index contributed by atoms with van der Waals surface area (Å²) in [5.74, 6) is 1.02. The molecule has 1 amide bonds. The second kappa shape index (κ2) is 6.45. The predicted molar refractivity (Wildman–Crippen MR) is 74.5 cm³/mol. The van der Waals surface area contributed by atoms with Gasteiger partial charge in [-0.25, -0.2) is 0 Å². The highest BCUT2D eigenvalue weighted by atomic mass is 16.5. The first-order chi connectivity index (χ1) is 8.47. The zero-order valence-corrected chi connectivity index (χ0v) is 10.7. The molecule has 0 aliphatic rings. The summed E-state index contributed by atoms with van der Waals surface area (Å²) in [6, 6.07) is 7.13. The molecule has 0 saturated heterocycles. The van der Waals surface area contributed by atoms with Crippen molar-refractivity contribution in [3.8, 4) is 5.75 Å². The summed E-state index contributed by atoms with van der Waals surface area (Å²) >= 11 is 0. The summed E-state index contributed by atoms with van der Waals surface area (Å²) in [6.45, 7) is 10.9. The van der Waals surface area contributed by atoms with Crippen LogP contribution in [0.2, 0.25) is 0 Å². The van der Waals surface area contributed by atoms with Crippen LogP contribution in [-0.4, -0.2) is 5.91 Å². The topological polar surface area (TPSA) is 38.3 Å². The number of amides is 1. The highest BCUT2D eigenvalue weighted by Gasteiger charge is 1.99. The Morgan fingerprint density at radius 1 is 1.28 bits per heavy atom. The molecule has 0 bridgehead atoms. The fourth-order valence-corrected chi connectivity index (χ4v) is 1.26. The maximum atomic E-state index is 10.9. The largest absolute Gasteiger partial charge is 0.458 e. The average Bonchev–Trinajstić information content (AvgIpc) is 2.26. The molecule has 0 heterocycles. The van der Waals surface area contributed by atoms with Crippen molar-refractivity contribution in [3.63, 3.8) is 0 Å². The number of carbonyl (C=O) groups is 1. The number of anilines is 1. The summed E-state index contributed by atoms with van der Waals surface area (Å²) in [5, 5.41) is 2.69. The van der Waals surface area contributed by atoms with E-state index in [2.05, 4.69) is 18.5 Å². The van der Waals surface area contributed by atoms with Gasteiger partial charge in [-0.3, -0.25) is 4.79 Å². The summed E-state index contributed by atoms with van der Waals surface area (Å²) in [4.78, 5) is 10.9. The molecule has 0 radical (unpaired) electrons. The van der Waals surface area contributed by atoms with Crippen molar-refractivity contribution in [2.45, 2.75) is 13.8 Å². The van der Waals surface area contributed by atoms with Gasteiger partial charge in [-0.2, -0.15) is 0 Å². The second-order valence-electron chi connectivity index (χ2n) is 3.96. The van der Waals surface area contributed by atoms with Crippen LogP contribution in [0.25, 0.3) is 0 Å². The molecule has 1 rings (SSSR count). The average molecular weight is 243 g/mol. The highest BCUT2D eigenvalue weighted by Crippen LogP contribution is 2.19. The van der Waals surface area contributed by atoms with E-state index in [-0.39, 0.29) is 5.91 Å². The van der Waals surface area contributed by atoms with Crippen LogP contribution in [0.15, 0.2) is 60.9 Å². The lowest BCUT2D eigenvalue weighted by Crippen LogP contribution is -2.05. The number of allylic oxidation sites excluding steroid dienone is 3. The molecule has 1 aromatic rings. The Morgan fingerprint density at radius 2 is 2.00 bits per heavy atom. The first kappa shape index (κ1) is 13.8. The number of hydrogen-bond donors (Lipinski definition) is 1. The lowest BCUT2D eigenvalue weighted by Gasteiger charge is -2.07. The van der Waals surface area contributed by atoms with Crippen molar-refractivity contribution in [2.75, 3.05) is 5.32 Å². The lowest BCUT2D eigenvalue weighted by molar-refractivity contribution is -0.114. The van der Waals surface area contributed by atoms with Crippen molar-refractivity contribution < 1.29 is 9.53 Å². The standard InChI is InChI=1S/C15H17NO2/c1-11(2)8-9-12(3)18-15-7-5-6-14(10-15)16-13(4)17/h5-10H,1,3H2,2,4H3,(H,16,17)/b9-8-. The molecule has 0 spiro atoms. The Bertz CT molecular complexity index is 501. The van der Waals surface area contributed by atoms with Crippen LogP contribution in [0.4, 0.5) is 5.69 Å². The van der Waals surface area contributed by atoms with E-state index in [1.54, 1.807) is 30.3 Å². The van der Waals surface area contributed by atoms with Gasteiger partial charge < -0.3 is 10.1 Å². The maximum Gasteiger partial charge on any atom is 0.221 e. The van der Waals surface area contributed by atoms with E-state index in [9.17, 15) is 4.79 Å². The van der Waals surface area contributed by atoms with Gasteiger partial charge in [-0.15, -0.1) is 0 Å². The van der Waals surface area contributed by atoms with E-state index >= 15 is 0 Å². The minimum atomic E-state index is -0.117. The molecule has 18 heavy (non-hydrogen) atoms. The van der Waals surface area contributed by atoms with Gasteiger partial charge in [-0.05, 0) is 25.1 Å². The van der Waals surface area contributed by atoms with E-state index in [0.717, 1.165) is 5.57 Å². The number of rotatable bonds is 5. The van der Waals surface area contributed by atoms with Crippen molar-refractivity contribution in [1.82, 2.24) is 0 Å². The number of ether oxygens (including phenoxy) is 1. The lowest BCUT2D eigenvalue weighted by atomic mass is 10.3. The van der Waals surface area contributed by atoms with Gasteiger partial charge in [-0.1, -0.05) is 30.9 Å². The fraction of sp³-hybridized carbons (Fsp3) is 0.133. The summed E-state index contributed by atoms with van der Waals surface area (Å²) < 4.78 is 5.51. The molecule has 1 aromatic carbocycles. The Kier molecular flexibility index (Phi) is 4.93. The van der Waals surface area contributed by atoms with Crippen LogP contribution in [-0.2, 0) is 4.79 Å². The van der Waals surface area contributed by atoms with Gasteiger partial charge >= 0.3 is 0 Å². The quantitative estimate of drug-likeness (QED) is 0.633.